The molecule has 1 N–H and O–H groups in total. The molecule has 0 amide bonds. The van der Waals surface area contributed by atoms with E-state index in [9.17, 15) is 4.39 Å². The molecule has 17 heavy (non-hydrogen) atoms. The summed E-state index contributed by atoms with van der Waals surface area (Å²) in [4.78, 5) is 0. The van der Waals surface area contributed by atoms with Gasteiger partial charge in [-0.2, -0.15) is 0 Å². The summed E-state index contributed by atoms with van der Waals surface area (Å²) in [5.41, 5.74) is 1.91. The van der Waals surface area contributed by atoms with Crippen molar-refractivity contribution in [1.29, 1.82) is 0 Å². The molecule has 1 aliphatic carbocycles. The van der Waals surface area contributed by atoms with Crippen molar-refractivity contribution in [2.24, 2.45) is 5.92 Å². The van der Waals surface area contributed by atoms with Crippen molar-refractivity contribution >= 4 is 0 Å². The molecule has 1 atom stereocenters. The number of nitrogens with one attached hydrogen (secondary N) is 1. The minimum Gasteiger partial charge on any atom is -0.310 e. The van der Waals surface area contributed by atoms with Gasteiger partial charge < -0.3 is 5.32 Å². The minimum atomic E-state index is -0.113. The number of hydrogen-bond acceptors (Lipinski definition) is 1. The first-order chi connectivity index (χ1) is 8.16. The maximum absolute atomic E-state index is 13.1. The summed E-state index contributed by atoms with van der Waals surface area (Å²) in [6.45, 7) is 4.93. The van der Waals surface area contributed by atoms with Gasteiger partial charge in [0.2, 0.25) is 0 Å². The summed E-state index contributed by atoms with van der Waals surface area (Å²) in [6, 6.07) is 5.94. The normalized spacial score (nSPS) is 18.5. The lowest BCUT2D eigenvalue weighted by Gasteiger charge is -2.20. The maximum atomic E-state index is 13.1. The van der Waals surface area contributed by atoms with E-state index in [1.165, 1.54) is 31.2 Å². The zero-order chi connectivity index (χ0) is 12.3. The van der Waals surface area contributed by atoms with E-state index in [4.69, 9.17) is 0 Å². The highest BCUT2D eigenvalue weighted by Crippen LogP contribution is 2.27. The molecule has 1 nitrogen and oxygen atoms in total. The Balaban J connectivity index is 1.86. The molecule has 94 valence electrons. The highest BCUT2D eigenvalue weighted by molar-refractivity contribution is 5.23. The molecular formula is C15H22FN. The molecule has 0 aliphatic heterocycles. The Bertz CT molecular complexity index is 369. The van der Waals surface area contributed by atoms with Crippen molar-refractivity contribution in [2.45, 2.75) is 52.1 Å². The first-order valence-corrected chi connectivity index (χ1v) is 6.65. The van der Waals surface area contributed by atoms with Crippen LogP contribution >= 0.6 is 0 Å². The highest BCUT2D eigenvalue weighted by Gasteiger charge is 2.20. The van der Waals surface area contributed by atoms with Crippen molar-refractivity contribution < 1.29 is 4.39 Å². The molecule has 0 saturated heterocycles. The van der Waals surface area contributed by atoms with Gasteiger partial charge in [0, 0.05) is 12.6 Å². The summed E-state index contributed by atoms with van der Waals surface area (Å²) in [6.07, 6.45) is 5.48. The topological polar surface area (TPSA) is 12.0 Å². The third-order valence-electron chi connectivity index (χ3n) is 3.96. The van der Waals surface area contributed by atoms with E-state index < -0.39 is 0 Å². The SMILES string of the molecule is Cc1cc(CNC(C)C2CCCC2)ccc1F. The molecule has 2 heteroatoms. The zero-order valence-electron chi connectivity index (χ0n) is 10.8. The Morgan fingerprint density at radius 1 is 1.35 bits per heavy atom. The molecule has 0 aromatic heterocycles. The van der Waals surface area contributed by atoms with Gasteiger partial charge >= 0.3 is 0 Å². The van der Waals surface area contributed by atoms with Crippen LogP contribution in [0.5, 0.6) is 0 Å². The standard InChI is InChI=1S/C15H22FN/c1-11-9-13(7-8-15(11)16)10-17-12(2)14-5-3-4-6-14/h7-9,12,14,17H,3-6,10H2,1-2H3. The van der Waals surface area contributed by atoms with Gasteiger partial charge in [-0.05, 0) is 49.8 Å². The molecule has 1 saturated carbocycles. The Morgan fingerprint density at radius 3 is 2.71 bits per heavy atom. The van der Waals surface area contributed by atoms with E-state index >= 15 is 0 Å². The Labute approximate surface area is 103 Å². The van der Waals surface area contributed by atoms with Crippen molar-refractivity contribution in [3.63, 3.8) is 0 Å². The van der Waals surface area contributed by atoms with Crippen molar-refractivity contribution in [2.75, 3.05) is 0 Å². The molecule has 0 spiro atoms. The fourth-order valence-electron chi connectivity index (χ4n) is 2.72. The smallest absolute Gasteiger partial charge is 0.126 e. The summed E-state index contributed by atoms with van der Waals surface area (Å²) in [5.74, 6) is 0.717. The molecule has 1 aliphatic rings. The van der Waals surface area contributed by atoms with Crippen LogP contribution in [0.25, 0.3) is 0 Å². The summed E-state index contributed by atoms with van der Waals surface area (Å²) >= 11 is 0. The monoisotopic (exact) mass is 235 g/mol. The van der Waals surface area contributed by atoms with Crippen molar-refractivity contribution in [3.8, 4) is 0 Å². The largest absolute Gasteiger partial charge is 0.310 e. The minimum absolute atomic E-state index is 0.113. The molecule has 0 bridgehead atoms. The van der Waals surface area contributed by atoms with Crippen molar-refractivity contribution in [3.05, 3.63) is 35.1 Å². The Kier molecular flexibility index (Phi) is 4.16. The number of aryl methyl sites for hydroxylation is 1. The lowest BCUT2D eigenvalue weighted by molar-refractivity contribution is 0.380. The maximum Gasteiger partial charge on any atom is 0.126 e. The predicted octanol–water partition coefficient (Wildman–Crippen LogP) is 3.80. The van der Waals surface area contributed by atoms with Gasteiger partial charge in [-0.3, -0.25) is 0 Å². The number of halogens is 1. The van der Waals surface area contributed by atoms with Gasteiger partial charge in [-0.15, -0.1) is 0 Å². The molecule has 2 rings (SSSR count). The zero-order valence-corrected chi connectivity index (χ0v) is 10.8. The average Bonchev–Trinajstić information content (AvgIpc) is 2.84. The third-order valence-corrected chi connectivity index (χ3v) is 3.96. The molecular weight excluding hydrogens is 213 g/mol. The van der Waals surface area contributed by atoms with Gasteiger partial charge in [0.15, 0.2) is 0 Å². The molecule has 1 aromatic rings. The highest BCUT2D eigenvalue weighted by atomic mass is 19.1. The van der Waals surface area contributed by atoms with E-state index in [-0.39, 0.29) is 5.82 Å². The van der Waals surface area contributed by atoms with Crippen LogP contribution in [0.4, 0.5) is 4.39 Å². The van der Waals surface area contributed by atoms with E-state index in [1.807, 2.05) is 19.1 Å². The third kappa shape index (κ3) is 3.29. The molecule has 1 fully saturated rings. The molecule has 1 unspecified atom stereocenters. The summed E-state index contributed by atoms with van der Waals surface area (Å²) in [5, 5.41) is 3.57. The fourth-order valence-corrected chi connectivity index (χ4v) is 2.72. The van der Waals surface area contributed by atoms with Gasteiger partial charge in [-0.1, -0.05) is 25.0 Å². The van der Waals surface area contributed by atoms with Crippen LogP contribution < -0.4 is 5.32 Å². The predicted molar refractivity (Wildman–Crippen MR) is 69.4 cm³/mol. The van der Waals surface area contributed by atoms with Crippen LogP contribution in [0.15, 0.2) is 18.2 Å². The quantitative estimate of drug-likeness (QED) is 0.837. The Hall–Kier alpha value is -0.890. The lowest BCUT2D eigenvalue weighted by atomic mass is 9.99. The second-order valence-electron chi connectivity index (χ2n) is 5.30. The van der Waals surface area contributed by atoms with Crippen LogP contribution in [-0.2, 0) is 6.54 Å². The van der Waals surface area contributed by atoms with E-state index in [0.29, 0.717) is 6.04 Å². The average molecular weight is 235 g/mol. The van der Waals surface area contributed by atoms with Crippen LogP contribution in [0.2, 0.25) is 0 Å². The van der Waals surface area contributed by atoms with E-state index in [0.717, 1.165) is 18.0 Å². The van der Waals surface area contributed by atoms with Crippen LogP contribution in [0.3, 0.4) is 0 Å². The number of benzene rings is 1. The summed E-state index contributed by atoms with van der Waals surface area (Å²) in [7, 11) is 0. The fraction of sp³-hybridized carbons (Fsp3) is 0.600. The van der Waals surface area contributed by atoms with E-state index in [2.05, 4.69) is 12.2 Å². The lowest BCUT2D eigenvalue weighted by Crippen LogP contribution is -2.31. The number of hydrogen-bond donors (Lipinski definition) is 1. The molecule has 0 heterocycles. The van der Waals surface area contributed by atoms with Gasteiger partial charge in [0.25, 0.3) is 0 Å². The number of rotatable bonds is 4. The van der Waals surface area contributed by atoms with Crippen LogP contribution in [0.1, 0.15) is 43.7 Å². The van der Waals surface area contributed by atoms with Crippen LogP contribution in [0, 0.1) is 18.7 Å². The van der Waals surface area contributed by atoms with Gasteiger partial charge in [0.1, 0.15) is 5.82 Å². The second kappa shape index (κ2) is 5.63. The summed E-state index contributed by atoms with van der Waals surface area (Å²) < 4.78 is 13.1. The first-order valence-electron chi connectivity index (χ1n) is 6.65. The van der Waals surface area contributed by atoms with Gasteiger partial charge in [0.05, 0.1) is 0 Å². The van der Waals surface area contributed by atoms with Crippen LogP contribution in [-0.4, -0.2) is 6.04 Å². The Morgan fingerprint density at radius 2 is 2.06 bits per heavy atom. The second-order valence-corrected chi connectivity index (χ2v) is 5.30. The van der Waals surface area contributed by atoms with Crippen molar-refractivity contribution in [1.82, 2.24) is 5.32 Å². The molecule has 1 aromatic carbocycles. The first kappa shape index (κ1) is 12.6. The molecule has 0 radical (unpaired) electrons. The van der Waals surface area contributed by atoms with Gasteiger partial charge in [-0.25, -0.2) is 4.39 Å². The van der Waals surface area contributed by atoms with E-state index in [1.54, 1.807) is 6.07 Å².